The average molecular weight is 461 g/mol. The number of nitrogens with one attached hydrogen (secondary N) is 2. The van der Waals surface area contributed by atoms with Crippen molar-refractivity contribution in [2.75, 3.05) is 17.6 Å². The van der Waals surface area contributed by atoms with Crippen molar-refractivity contribution in [3.05, 3.63) is 47.1 Å². The third-order valence-corrected chi connectivity index (χ3v) is 6.82. The van der Waals surface area contributed by atoms with Gasteiger partial charge in [0.2, 0.25) is 17.1 Å². The standard InChI is InChI=1S/C22H26ClFN6O2/c23-22-28-10-16(24)21(30-22)29-19-15-8-12(18(19)20(26)32)7-13(15)9-27-17(31)5-4-11-2-1-3-14(25)6-11/h1-3,6,10,12-13,15,18-19H,4-5,7-9,25H2,(H2,26,32)(H,27,31)(H,28,29,30)/t12-,13?,15-,18+,19-/m1/s1. The maximum atomic E-state index is 14.2. The molecule has 4 rings (SSSR count). The number of nitrogen functional groups attached to an aromatic ring is 1. The molecule has 1 unspecified atom stereocenters. The number of benzene rings is 1. The van der Waals surface area contributed by atoms with Crippen LogP contribution < -0.4 is 22.1 Å². The molecule has 0 aliphatic heterocycles. The summed E-state index contributed by atoms with van der Waals surface area (Å²) in [5.41, 5.74) is 13.1. The van der Waals surface area contributed by atoms with Gasteiger partial charge in [0.05, 0.1) is 12.1 Å². The van der Waals surface area contributed by atoms with Crippen molar-refractivity contribution in [2.24, 2.45) is 29.4 Å². The summed E-state index contributed by atoms with van der Waals surface area (Å²) in [4.78, 5) is 32.0. The maximum Gasteiger partial charge on any atom is 0.224 e. The lowest BCUT2D eigenvalue weighted by Gasteiger charge is -2.35. The van der Waals surface area contributed by atoms with E-state index in [2.05, 4.69) is 20.6 Å². The van der Waals surface area contributed by atoms with E-state index in [-0.39, 0.29) is 40.8 Å². The van der Waals surface area contributed by atoms with Gasteiger partial charge in [0.15, 0.2) is 11.6 Å². The highest BCUT2D eigenvalue weighted by molar-refractivity contribution is 6.28. The number of hydrogen-bond donors (Lipinski definition) is 4. The molecule has 170 valence electrons. The first kappa shape index (κ1) is 22.3. The number of fused-ring (bicyclic) bond motifs is 2. The molecule has 2 bridgehead atoms. The van der Waals surface area contributed by atoms with Crippen LogP contribution in [0.4, 0.5) is 15.9 Å². The molecule has 1 aromatic heterocycles. The quantitative estimate of drug-likeness (QED) is 0.352. The number of carbonyl (C=O) groups is 2. The Morgan fingerprint density at radius 3 is 2.84 bits per heavy atom. The Balaban J connectivity index is 1.37. The topological polar surface area (TPSA) is 136 Å². The van der Waals surface area contributed by atoms with Crippen molar-refractivity contribution >= 4 is 34.9 Å². The van der Waals surface area contributed by atoms with E-state index in [4.69, 9.17) is 23.1 Å². The number of carbonyl (C=O) groups excluding carboxylic acids is 2. The van der Waals surface area contributed by atoms with Crippen LogP contribution in [-0.4, -0.2) is 34.4 Å². The highest BCUT2D eigenvalue weighted by atomic mass is 35.5. The van der Waals surface area contributed by atoms with Crippen LogP contribution in [-0.2, 0) is 16.0 Å². The van der Waals surface area contributed by atoms with Crippen LogP contribution in [0.5, 0.6) is 0 Å². The lowest BCUT2D eigenvalue weighted by Crippen LogP contribution is -2.47. The molecule has 0 spiro atoms. The van der Waals surface area contributed by atoms with Crippen LogP contribution >= 0.6 is 11.6 Å². The molecule has 2 aliphatic carbocycles. The zero-order valence-corrected chi connectivity index (χ0v) is 18.2. The van der Waals surface area contributed by atoms with E-state index in [0.717, 1.165) is 24.6 Å². The summed E-state index contributed by atoms with van der Waals surface area (Å²) in [5, 5.41) is 5.97. The van der Waals surface area contributed by atoms with Crippen LogP contribution in [0.25, 0.3) is 0 Å². The van der Waals surface area contributed by atoms with Gasteiger partial charge in [-0.15, -0.1) is 0 Å². The van der Waals surface area contributed by atoms with Gasteiger partial charge in [0.1, 0.15) is 0 Å². The molecule has 2 fully saturated rings. The molecule has 8 nitrogen and oxygen atoms in total. The van der Waals surface area contributed by atoms with E-state index in [1.165, 1.54) is 0 Å². The molecular formula is C22H26ClFN6O2. The Labute approximate surface area is 190 Å². The molecule has 0 radical (unpaired) electrons. The number of aromatic nitrogens is 2. The number of primary amides is 1. The van der Waals surface area contributed by atoms with Gasteiger partial charge in [0, 0.05) is 24.7 Å². The fraction of sp³-hybridized carbons (Fsp3) is 0.455. The summed E-state index contributed by atoms with van der Waals surface area (Å²) in [5.74, 6) is -1.27. The third-order valence-electron chi connectivity index (χ3n) is 6.64. The molecule has 32 heavy (non-hydrogen) atoms. The fourth-order valence-electron chi connectivity index (χ4n) is 5.28. The SMILES string of the molecule is NC(=O)[C@H]1[C@@H]2CC(CNC(=O)CCc3cccc(N)c3)[C@@H](C2)[C@H]1Nc1nc(Cl)ncc1F. The molecule has 10 heteroatoms. The van der Waals surface area contributed by atoms with E-state index in [1.54, 1.807) is 0 Å². The molecule has 0 saturated heterocycles. The first-order chi connectivity index (χ1) is 15.3. The third kappa shape index (κ3) is 4.77. The van der Waals surface area contributed by atoms with E-state index in [0.29, 0.717) is 25.1 Å². The monoisotopic (exact) mass is 460 g/mol. The normalized spacial score (nSPS) is 26.1. The summed E-state index contributed by atoms with van der Waals surface area (Å²) < 4.78 is 14.2. The van der Waals surface area contributed by atoms with Crippen LogP contribution in [0.1, 0.15) is 24.8 Å². The summed E-state index contributed by atoms with van der Waals surface area (Å²) in [6.07, 6.45) is 3.53. The van der Waals surface area contributed by atoms with Gasteiger partial charge in [0.25, 0.3) is 0 Å². The summed E-state index contributed by atoms with van der Waals surface area (Å²) in [7, 11) is 0. The molecule has 2 amide bonds. The first-order valence-electron chi connectivity index (χ1n) is 10.7. The molecule has 1 heterocycles. The molecule has 2 aromatic rings. The van der Waals surface area contributed by atoms with Crippen LogP contribution in [0.15, 0.2) is 30.5 Å². The number of halogens is 2. The minimum atomic E-state index is -0.646. The highest BCUT2D eigenvalue weighted by Gasteiger charge is 2.54. The second kappa shape index (κ2) is 9.28. The van der Waals surface area contributed by atoms with Gasteiger partial charge in [-0.25, -0.2) is 9.37 Å². The van der Waals surface area contributed by atoms with E-state index < -0.39 is 17.6 Å². The van der Waals surface area contributed by atoms with Gasteiger partial charge in [-0.1, -0.05) is 12.1 Å². The van der Waals surface area contributed by atoms with Crippen molar-refractivity contribution in [1.82, 2.24) is 15.3 Å². The van der Waals surface area contributed by atoms with Crippen molar-refractivity contribution < 1.29 is 14.0 Å². The van der Waals surface area contributed by atoms with Crippen LogP contribution in [0, 0.1) is 29.5 Å². The predicted molar refractivity (Wildman–Crippen MR) is 119 cm³/mol. The predicted octanol–water partition coefficient (Wildman–Crippen LogP) is 2.14. The number of anilines is 2. The van der Waals surface area contributed by atoms with Gasteiger partial charge < -0.3 is 22.1 Å². The average Bonchev–Trinajstić information content (AvgIpc) is 3.31. The lowest BCUT2D eigenvalue weighted by molar-refractivity contribution is -0.124. The van der Waals surface area contributed by atoms with Crippen LogP contribution in [0.2, 0.25) is 5.28 Å². The number of amides is 2. The molecular weight excluding hydrogens is 435 g/mol. The minimum Gasteiger partial charge on any atom is -0.399 e. The van der Waals surface area contributed by atoms with E-state index in [1.807, 2.05) is 24.3 Å². The van der Waals surface area contributed by atoms with Gasteiger partial charge in [-0.05, 0) is 66.3 Å². The Morgan fingerprint density at radius 1 is 1.28 bits per heavy atom. The minimum absolute atomic E-state index is 0.0419. The zero-order chi connectivity index (χ0) is 22.8. The second-order valence-corrected chi connectivity index (χ2v) is 8.98. The summed E-state index contributed by atoms with van der Waals surface area (Å²) in [6.45, 7) is 0.494. The molecule has 2 aliphatic rings. The number of aryl methyl sites for hydroxylation is 1. The van der Waals surface area contributed by atoms with Crippen molar-refractivity contribution in [3.8, 4) is 0 Å². The number of nitrogens with two attached hydrogens (primary N) is 2. The van der Waals surface area contributed by atoms with Gasteiger partial charge >= 0.3 is 0 Å². The maximum absolute atomic E-state index is 14.2. The van der Waals surface area contributed by atoms with E-state index in [9.17, 15) is 14.0 Å². The van der Waals surface area contributed by atoms with Gasteiger partial charge in [-0.3, -0.25) is 9.59 Å². The van der Waals surface area contributed by atoms with Crippen molar-refractivity contribution in [1.29, 1.82) is 0 Å². The van der Waals surface area contributed by atoms with Crippen molar-refractivity contribution in [3.63, 3.8) is 0 Å². The zero-order valence-electron chi connectivity index (χ0n) is 17.4. The number of nitrogens with zero attached hydrogens (tertiary/aromatic N) is 2. The van der Waals surface area contributed by atoms with E-state index >= 15 is 0 Å². The smallest absolute Gasteiger partial charge is 0.224 e. The first-order valence-corrected chi connectivity index (χ1v) is 11.0. The Kier molecular flexibility index (Phi) is 6.45. The molecule has 6 N–H and O–H groups in total. The Bertz CT molecular complexity index is 1020. The number of rotatable bonds is 8. The van der Waals surface area contributed by atoms with Crippen molar-refractivity contribution in [2.45, 2.75) is 31.7 Å². The largest absolute Gasteiger partial charge is 0.399 e. The molecule has 1 aromatic carbocycles. The highest BCUT2D eigenvalue weighted by Crippen LogP contribution is 2.52. The Hall–Kier alpha value is -2.94. The van der Waals surface area contributed by atoms with Gasteiger partial charge in [-0.2, -0.15) is 4.98 Å². The molecule has 2 saturated carbocycles. The Morgan fingerprint density at radius 2 is 2.09 bits per heavy atom. The van der Waals surface area contributed by atoms with Crippen LogP contribution in [0.3, 0.4) is 0 Å². The molecule has 5 atom stereocenters. The second-order valence-electron chi connectivity index (χ2n) is 8.64. The number of hydrogen-bond acceptors (Lipinski definition) is 6. The fourth-order valence-corrected chi connectivity index (χ4v) is 5.41. The summed E-state index contributed by atoms with van der Waals surface area (Å²) in [6, 6.07) is 7.11. The summed E-state index contributed by atoms with van der Waals surface area (Å²) >= 11 is 5.80. The lowest BCUT2D eigenvalue weighted by atomic mass is 9.77.